The van der Waals surface area contributed by atoms with Gasteiger partial charge >= 0.3 is 6.18 Å². The van der Waals surface area contributed by atoms with Crippen LogP contribution in [0.1, 0.15) is 35.2 Å². The molecular formula is C15H14F5NO. The highest BCUT2D eigenvalue weighted by Gasteiger charge is 2.70. The van der Waals surface area contributed by atoms with Gasteiger partial charge in [-0.1, -0.05) is 0 Å². The first kappa shape index (κ1) is 15.2. The Hall–Kier alpha value is -1.66. The number of carbonyl (C=O) groups excluding carboxylic acids is 1. The Bertz CT molecular complexity index is 585. The van der Waals surface area contributed by atoms with Crippen LogP contribution in [0.4, 0.5) is 22.0 Å². The minimum absolute atomic E-state index is 0.123. The predicted octanol–water partition coefficient (Wildman–Crippen LogP) is 3.97. The zero-order valence-electron chi connectivity index (χ0n) is 11.6. The van der Waals surface area contributed by atoms with Gasteiger partial charge in [0.05, 0.1) is 5.56 Å². The third kappa shape index (κ3) is 2.46. The summed E-state index contributed by atoms with van der Waals surface area (Å²) in [6.45, 7) is 0.435. The number of carbonyl (C=O) groups is 1. The Morgan fingerprint density at radius 2 is 1.55 bits per heavy atom. The topological polar surface area (TPSA) is 20.3 Å². The maximum Gasteiger partial charge on any atom is 0.416 e. The maximum absolute atomic E-state index is 13.3. The zero-order chi connectivity index (χ0) is 16.2. The Kier molecular flexibility index (Phi) is 3.23. The standard InChI is InChI=1S/C15H14F5NO/c16-14(17)9-13(14)5-7-21(8-6-13)12(22)10-1-3-11(4-2-10)15(18,19)20/h1-4H,5-9H2. The summed E-state index contributed by atoms with van der Waals surface area (Å²) in [6, 6.07) is 3.96. The maximum atomic E-state index is 13.3. The molecule has 1 aliphatic heterocycles. The molecular weight excluding hydrogens is 305 g/mol. The number of piperidine rings is 1. The van der Waals surface area contributed by atoms with E-state index in [4.69, 9.17) is 0 Å². The fourth-order valence-electron chi connectivity index (χ4n) is 3.05. The van der Waals surface area contributed by atoms with Crippen molar-refractivity contribution in [2.24, 2.45) is 5.41 Å². The monoisotopic (exact) mass is 319 g/mol. The molecule has 0 atom stereocenters. The molecule has 1 aromatic rings. The van der Waals surface area contributed by atoms with Crippen LogP contribution in [0.25, 0.3) is 0 Å². The van der Waals surface area contributed by atoms with Crippen molar-refractivity contribution in [1.82, 2.24) is 4.90 Å². The van der Waals surface area contributed by atoms with E-state index >= 15 is 0 Å². The average Bonchev–Trinajstić information content (AvgIpc) is 2.98. The lowest BCUT2D eigenvalue weighted by atomic mass is 9.92. The summed E-state index contributed by atoms with van der Waals surface area (Å²) in [5.41, 5.74) is -1.63. The highest BCUT2D eigenvalue weighted by Crippen LogP contribution is 2.65. The van der Waals surface area contributed by atoms with Gasteiger partial charge in [0.15, 0.2) is 0 Å². The van der Waals surface area contributed by atoms with E-state index in [2.05, 4.69) is 0 Å². The van der Waals surface area contributed by atoms with Gasteiger partial charge in [0.1, 0.15) is 0 Å². The lowest BCUT2D eigenvalue weighted by Gasteiger charge is -2.32. The minimum Gasteiger partial charge on any atom is -0.339 e. The molecule has 0 unspecified atom stereocenters. The molecule has 0 bridgehead atoms. The van der Waals surface area contributed by atoms with E-state index in [0.29, 0.717) is 0 Å². The van der Waals surface area contributed by atoms with E-state index in [1.54, 1.807) is 0 Å². The van der Waals surface area contributed by atoms with Crippen molar-refractivity contribution in [2.75, 3.05) is 13.1 Å². The summed E-state index contributed by atoms with van der Waals surface area (Å²) in [7, 11) is 0. The fraction of sp³-hybridized carbons (Fsp3) is 0.533. The second-order valence-corrected chi connectivity index (χ2v) is 6.03. The third-order valence-corrected chi connectivity index (χ3v) is 4.68. The molecule has 120 valence electrons. The van der Waals surface area contributed by atoms with E-state index in [9.17, 15) is 26.7 Å². The molecule has 2 fully saturated rings. The van der Waals surface area contributed by atoms with Crippen molar-refractivity contribution in [3.05, 3.63) is 35.4 Å². The number of hydrogen-bond donors (Lipinski definition) is 0. The normalized spacial score (nSPS) is 22.7. The Morgan fingerprint density at radius 1 is 1.05 bits per heavy atom. The van der Waals surface area contributed by atoms with Crippen molar-refractivity contribution in [3.63, 3.8) is 0 Å². The number of halogens is 5. The van der Waals surface area contributed by atoms with Gasteiger partial charge in [-0.25, -0.2) is 8.78 Å². The largest absolute Gasteiger partial charge is 0.416 e. The van der Waals surface area contributed by atoms with Gasteiger partial charge in [0, 0.05) is 30.5 Å². The minimum atomic E-state index is -4.45. The number of hydrogen-bond acceptors (Lipinski definition) is 1. The molecule has 1 saturated carbocycles. The molecule has 3 rings (SSSR count). The van der Waals surface area contributed by atoms with Crippen molar-refractivity contribution in [1.29, 1.82) is 0 Å². The summed E-state index contributed by atoms with van der Waals surface area (Å²) < 4.78 is 64.0. The van der Waals surface area contributed by atoms with Crippen LogP contribution in [0.3, 0.4) is 0 Å². The second kappa shape index (κ2) is 4.67. The number of likely N-dealkylation sites (tertiary alicyclic amines) is 1. The zero-order valence-corrected chi connectivity index (χ0v) is 11.6. The first-order valence-electron chi connectivity index (χ1n) is 6.99. The van der Waals surface area contributed by atoms with Crippen LogP contribution in [-0.2, 0) is 6.18 Å². The molecule has 1 spiro atoms. The third-order valence-electron chi connectivity index (χ3n) is 4.68. The SMILES string of the molecule is O=C(c1ccc(C(F)(F)F)cc1)N1CCC2(CC1)CC2(F)F. The highest BCUT2D eigenvalue weighted by molar-refractivity contribution is 5.94. The van der Waals surface area contributed by atoms with Crippen molar-refractivity contribution >= 4 is 5.91 Å². The van der Waals surface area contributed by atoms with Crippen molar-refractivity contribution < 1.29 is 26.7 Å². The number of rotatable bonds is 1. The molecule has 2 aliphatic rings. The lowest BCUT2D eigenvalue weighted by molar-refractivity contribution is -0.137. The molecule has 1 aromatic carbocycles. The Balaban J connectivity index is 1.65. The molecule has 1 heterocycles. The number of alkyl halides is 5. The summed E-state index contributed by atoms with van der Waals surface area (Å²) >= 11 is 0. The van der Waals surface area contributed by atoms with E-state index < -0.39 is 29.0 Å². The van der Waals surface area contributed by atoms with Gasteiger partial charge in [0.2, 0.25) is 0 Å². The molecule has 1 aliphatic carbocycles. The van der Waals surface area contributed by atoms with Crippen molar-refractivity contribution in [2.45, 2.75) is 31.4 Å². The average molecular weight is 319 g/mol. The smallest absolute Gasteiger partial charge is 0.339 e. The summed E-state index contributed by atoms with van der Waals surface area (Å²) in [5, 5.41) is 0. The summed E-state index contributed by atoms with van der Waals surface area (Å²) in [5.74, 6) is -3.04. The van der Waals surface area contributed by atoms with Crippen LogP contribution in [0.2, 0.25) is 0 Å². The molecule has 2 nitrogen and oxygen atoms in total. The molecule has 0 radical (unpaired) electrons. The van der Waals surface area contributed by atoms with Gasteiger partial charge < -0.3 is 4.90 Å². The van der Waals surface area contributed by atoms with Crippen LogP contribution >= 0.6 is 0 Å². The quantitative estimate of drug-likeness (QED) is 0.717. The number of benzene rings is 1. The van der Waals surface area contributed by atoms with E-state index in [-0.39, 0.29) is 37.9 Å². The van der Waals surface area contributed by atoms with Crippen LogP contribution in [-0.4, -0.2) is 29.8 Å². The van der Waals surface area contributed by atoms with Gasteiger partial charge in [-0.2, -0.15) is 13.2 Å². The molecule has 0 aromatic heterocycles. The fourth-order valence-corrected chi connectivity index (χ4v) is 3.05. The predicted molar refractivity (Wildman–Crippen MR) is 68.6 cm³/mol. The summed E-state index contributed by atoms with van der Waals surface area (Å²) in [6.07, 6.45) is -4.09. The van der Waals surface area contributed by atoms with E-state index in [0.717, 1.165) is 24.3 Å². The van der Waals surface area contributed by atoms with Crippen LogP contribution in [0, 0.1) is 5.41 Å². The summed E-state index contributed by atoms with van der Waals surface area (Å²) in [4.78, 5) is 13.6. The molecule has 22 heavy (non-hydrogen) atoms. The first-order valence-corrected chi connectivity index (χ1v) is 6.99. The van der Waals surface area contributed by atoms with Gasteiger partial charge in [0.25, 0.3) is 11.8 Å². The molecule has 1 amide bonds. The number of nitrogens with zero attached hydrogens (tertiary/aromatic N) is 1. The Morgan fingerprint density at radius 3 is 1.95 bits per heavy atom. The van der Waals surface area contributed by atoms with Crippen LogP contribution in [0.15, 0.2) is 24.3 Å². The van der Waals surface area contributed by atoms with Crippen molar-refractivity contribution in [3.8, 4) is 0 Å². The van der Waals surface area contributed by atoms with E-state index in [1.807, 2.05) is 0 Å². The van der Waals surface area contributed by atoms with Crippen LogP contribution < -0.4 is 0 Å². The Labute approximate surface area is 123 Å². The highest BCUT2D eigenvalue weighted by atomic mass is 19.4. The van der Waals surface area contributed by atoms with Gasteiger partial charge in [-0.3, -0.25) is 4.79 Å². The first-order chi connectivity index (χ1) is 10.1. The number of amides is 1. The lowest BCUT2D eigenvalue weighted by Crippen LogP contribution is -2.40. The van der Waals surface area contributed by atoms with E-state index in [1.165, 1.54) is 4.90 Å². The van der Waals surface area contributed by atoms with Gasteiger partial charge in [-0.05, 0) is 37.1 Å². The molecule has 0 N–H and O–H groups in total. The van der Waals surface area contributed by atoms with Crippen LogP contribution in [0.5, 0.6) is 0 Å². The molecule has 1 saturated heterocycles. The van der Waals surface area contributed by atoms with Gasteiger partial charge in [-0.15, -0.1) is 0 Å². The second-order valence-electron chi connectivity index (χ2n) is 6.03. The molecule has 7 heteroatoms.